The number of ether oxygens (including phenoxy) is 1. The highest BCUT2D eigenvalue weighted by molar-refractivity contribution is 7.12. The van der Waals surface area contributed by atoms with Gasteiger partial charge in [0.25, 0.3) is 0 Å². The number of esters is 1. The number of hydrogen-bond acceptors (Lipinski definition) is 5. The van der Waals surface area contributed by atoms with Gasteiger partial charge in [-0.3, -0.25) is 4.79 Å². The first-order valence-electron chi connectivity index (χ1n) is 9.82. The number of carbonyl (C=O) groups is 2. The predicted molar refractivity (Wildman–Crippen MR) is 120 cm³/mol. The van der Waals surface area contributed by atoms with E-state index in [-0.39, 0.29) is 12.4 Å². The molecule has 4 aromatic rings. The van der Waals surface area contributed by atoms with Crippen LogP contribution in [0.3, 0.4) is 0 Å². The summed E-state index contributed by atoms with van der Waals surface area (Å²) in [5, 5.41) is 2.64. The van der Waals surface area contributed by atoms with Crippen molar-refractivity contribution in [3.8, 4) is 11.3 Å². The Kier molecular flexibility index (Phi) is 6.00. The zero-order valence-corrected chi connectivity index (χ0v) is 17.4. The number of nitrogens with zero attached hydrogens (tertiary/aromatic N) is 1. The van der Waals surface area contributed by atoms with E-state index in [1.165, 1.54) is 11.3 Å². The first-order chi connectivity index (χ1) is 14.6. The molecule has 0 aliphatic heterocycles. The Morgan fingerprint density at radius 2 is 1.80 bits per heavy atom. The standard InChI is InChI=1S/C25H21NO3S/c1-17-10-12-18(13-11-17)22-16-20(19-6-2-3-7-21(19)26-22)25(28)29-14-4-8-23(27)24-9-5-15-30-24/h2-3,5-7,9-13,15-16H,4,8,14H2,1H3. The lowest BCUT2D eigenvalue weighted by atomic mass is 10.0. The molecule has 4 rings (SSSR count). The second-order valence-electron chi connectivity index (χ2n) is 7.08. The van der Waals surface area contributed by atoms with Gasteiger partial charge in [0.2, 0.25) is 0 Å². The predicted octanol–water partition coefficient (Wildman–Crippen LogP) is 6.09. The molecule has 0 N–H and O–H groups in total. The summed E-state index contributed by atoms with van der Waals surface area (Å²) in [4.78, 5) is 30.4. The molecule has 4 nitrogen and oxygen atoms in total. The van der Waals surface area contributed by atoms with Gasteiger partial charge in [0, 0.05) is 17.4 Å². The van der Waals surface area contributed by atoms with Crippen molar-refractivity contribution in [1.29, 1.82) is 0 Å². The first kappa shape index (κ1) is 20.0. The molecule has 2 aromatic carbocycles. The Labute approximate surface area is 179 Å². The van der Waals surface area contributed by atoms with Crippen LogP contribution in [0.15, 0.2) is 72.1 Å². The normalized spacial score (nSPS) is 10.8. The summed E-state index contributed by atoms with van der Waals surface area (Å²) in [6.45, 7) is 2.23. The lowest BCUT2D eigenvalue weighted by molar-refractivity contribution is 0.0496. The zero-order valence-electron chi connectivity index (χ0n) is 16.6. The smallest absolute Gasteiger partial charge is 0.338 e. The van der Waals surface area contributed by atoms with Crippen LogP contribution in [0, 0.1) is 6.92 Å². The molecule has 150 valence electrons. The molecule has 0 amide bonds. The second-order valence-corrected chi connectivity index (χ2v) is 8.03. The molecule has 0 saturated heterocycles. The number of thiophene rings is 1. The van der Waals surface area contributed by atoms with Crippen LogP contribution < -0.4 is 0 Å². The van der Waals surface area contributed by atoms with Crippen LogP contribution in [0.4, 0.5) is 0 Å². The Bertz CT molecular complexity index is 1180. The van der Waals surface area contributed by atoms with Crippen molar-refractivity contribution in [3.05, 3.63) is 88.1 Å². The second kappa shape index (κ2) is 9.01. The van der Waals surface area contributed by atoms with E-state index < -0.39 is 5.97 Å². The molecule has 0 unspecified atom stereocenters. The van der Waals surface area contributed by atoms with E-state index in [0.717, 1.165) is 32.6 Å². The Morgan fingerprint density at radius 1 is 1.00 bits per heavy atom. The summed E-state index contributed by atoms with van der Waals surface area (Å²) in [6, 6.07) is 21.0. The molecule has 0 aliphatic rings. The van der Waals surface area contributed by atoms with E-state index in [2.05, 4.69) is 0 Å². The zero-order chi connectivity index (χ0) is 20.9. The van der Waals surface area contributed by atoms with Gasteiger partial charge in [-0.05, 0) is 36.9 Å². The average molecular weight is 416 g/mol. The lowest BCUT2D eigenvalue weighted by Crippen LogP contribution is -2.09. The first-order valence-corrected chi connectivity index (χ1v) is 10.7. The molecular formula is C25H21NO3S. The third-order valence-corrected chi connectivity index (χ3v) is 5.77. The van der Waals surface area contributed by atoms with Crippen LogP contribution in [0.2, 0.25) is 0 Å². The van der Waals surface area contributed by atoms with Gasteiger partial charge in [-0.2, -0.15) is 0 Å². The molecule has 0 radical (unpaired) electrons. The van der Waals surface area contributed by atoms with E-state index in [1.807, 2.05) is 73.0 Å². The van der Waals surface area contributed by atoms with E-state index in [0.29, 0.717) is 18.4 Å². The van der Waals surface area contributed by atoms with Crippen molar-refractivity contribution in [1.82, 2.24) is 4.98 Å². The number of Topliss-reactive ketones (excluding diaryl/α,β-unsaturated/α-hetero) is 1. The van der Waals surface area contributed by atoms with E-state index in [9.17, 15) is 9.59 Å². The summed E-state index contributed by atoms with van der Waals surface area (Å²) < 4.78 is 5.50. The minimum absolute atomic E-state index is 0.0806. The minimum Gasteiger partial charge on any atom is -0.462 e. The highest BCUT2D eigenvalue weighted by Gasteiger charge is 2.15. The van der Waals surface area contributed by atoms with Crippen molar-refractivity contribution in [2.24, 2.45) is 0 Å². The number of hydrogen-bond donors (Lipinski definition) is 0. The van der Waals surface area contributed by atoms with Crippen molar-refractivity contribution in [3.63, 3.8) is 0 Å². The van der Waals surface area contributed by atoms with E-state index in [1.54, 1.807) is 6.07 Å². The number of ketones is 1. The molecule has 5 heteroatoms. The number of rotatable bonds is 7. The van der Waals surface area contributed by atoms with Crippen molar-refractivity contribution >= 4 is 34.0 Å². The van der Waals surface area contributed by atoms with Gasteiger partial charge in [-0.15, -0.1) is 11.3 Å². The Balaban J connectivity index is 1.51. The van der Waals surface area contributed by atoms with E-state index >= 15 is 0 Å². The lowest BCUT2D eigenvalue weighted by Gasteiger charge is -2.10. The topological polar surface area (TPSA) is 56.3 Å². The third kappa shape index (κ3) is 4.47. The molecule has 0 saturated carbocycles. The SMILES string of the molecule is Cc1ccc(-c2cc(C(=O)OCCCC(=O)c3cccs3)c3ccccc3n2)cc1. The summed E-state index contributed by atoms with van der Waals surface area (Å²) >= 11 is 1.43. The maximum absolute atomic E-state index is 12.8. The van der Waals surface area contributed by atoms with Crippen LogP contribution in [0.25, 0.3) is 22.2 Å². The fraction of sp³-hybridized carbons (Fsp3) is 0.160. The number of benzene rings is 2. The van der Waals surface area contributed by atoms with Gasteiger partial charge < -0.3 is 4.74 Å². The molecule has 2 aromatic heterocycles. The van der Waals surface area contributed by atoms with Gasteiger partial charge >= 0.3 is 5.97 Å². The molecule has 0 atom stereocenters. The number of aromatic nitrogens is 1. The van der Waals surface area contributed by atoms with Crippen LogP contribution in [-0.4, -0.2) is 23.3 Å². The summed E-state index contributed by atoms with van der Waals surface area (Å²) in [5.74, 6) is -0.317. The number of aryl methyl sites for hydroxylation is 1. The summed E-state index contributed by atoms with van der Waals surface area (Å²) in [5.41, 5.74) is 4.07. The number of fused-ring (bicyclic) bond motifs is 1. The van der Waals surface area contributed by atoms with Crippen LogP contribution >= 0.6 is 11.3 Å². The van der Waals surface area contributed by atoms with Gasteiger partial charge in [0.05, 0.1) is 28.3 Å². The fourth-order valence-corrected chi connectivity index (χ4v) is 3.95. The van der Waals surface area contributed by atoms with Crippen molar-refractivity contribution < 1.29 is 14.3 Å². The molecule has 0 spiro atoms. The number of pyridine rings is 1. The molecule has 0 aliphatic carbocycles. The fourth-order valence-electron chi connectivity index (χ4n) is 3.25. The Morgan fingerprint density at radius 3 is 2.57 bits per heavy atom. The van der Waals surface area contributed by atoms with Gasteiger partial charge in [0.15, 0.2) is 5.78 Å². The van der Waals surface area contributed by atoms with Crippen LogP contribution in [-0.2, 0) is 4.74 Å². The molecule has 0 fully saturated rings. The number of para-hydroxylation sites is 1. The largest absolute Gasteiger partial charge is 0.462 e. The average Bonchev–Trinajstić information content (AvgIpc) is 3.31. The summed E-state index contributed by atoms with van der Waals surface area (Å²) in [6.07, 6.45) is 0.857. The van der Waals surface area contributed by atoms with E-state index in [4.69, 9.17) is 9.72 Å². The highest BCUT2D eigenvalue weighted by atomic mass is 32.1. The molecule has 0 bridgehead atoms. The van der Waals surface area contributed by atoms with Gasteiger partial charge in [0.1, 0.15) is 0 Å². The van der Waals surface area contributed by atoms with Gasteiger partial charge in [-0.1, -0.05) is 54.1 Å². The maximum atomic E-state index is 12.8. The van der Waals surface area contributed by atoms with Crippen LogP contribution in [0.1, 0.15) is 38.4 Å². The summed E-state index contributed by atoms with van der Waals surface area (Å²) in [7, 11) is 0. The highest BCUT2D eigenvalue weighted by Crippen LogP contribution is 2.26. The molecule has 30 heavy (non-hydrogen) atoms. The minimum atomic E-state index is -0.398. The monoisotopic (exact) mass is 415 g/mol. The molecular weight excluding hydrogens is 394 g/mol. The third-order valence-electron chi connectivity index (χ3n) is 4.86. The van der Waals surface area contributed by atoms with Crippen LogP contribution in [0.5, 0.6) is 0 Å². The quantitative estimate of drug-likeness (QED) is 0.208. The van der Waals surface area contributed by atoms with Crippen molar-refractivity contribution in [2.75, 3.05) is 6.61 Å². The van der Waals surface area contributed by atoms with Crippen molar-refractivity contribution in [2.45, 2.75) is 19.8 Å². The molecule has 2 heterocycles. The Hall–Kier alpha value is -3.31. The maximum Gasteiger partial charge on any atom is 0.338 e. The van der Waals surface area contributed by atoms with Gasteiger partial charge in [-0.25, -0.2) is 9.78 Å². The number of carbonyl (C=O) groups excluding carboxylic acids is 2.